The fourth-order valence-electron chi connectivity index (χ4n) is 1.39. The molecule has 0 aliphatic carbocycles. The van der Waals surface area contributed by atoms with E-state index >= 15 is 0 Å². The average molecular weight is 871 g/mol. The second-order valence-corrected chi connectivity index (χ2v) is 29.6. The van der Waals surface area contributed by atoms with Gasteiger partial charge in [0.15, 0.2) is 5.15 Å². The van der Waals surface area contributed by atoms with Gasteiger partial charge in [0, 0.05) is 0 Å². The predicted octanol–water partition coefficient (Wildman–Crippen LogP) is 4.37. The van der Waals surface area contributed by atoms with Crippen LogP contribution in [0.5, 0.6) is 0 Å². The zero-order valence-corrected chi connectivity index (χ0v) is 33.1. The fourth-order valence-corrected chi connectivity index (χ4v) is 3.45. The third kappa shape index (κ3) is 37.3. The molecule has 0 fully saturated rings. The predicted molar refractivity (Wildman–Crippen MR) is 167 cm³/mol. The topological polar surface area (TPSA) is 194 Å². The maximum atomic E-state index is 5.36. The Kier molecular flexibility index (Phi) is 35.6. The molecular weight excluding hydrogens is 824 g/mol. The summed E-state index contributed by atoms with van der Waals surface area (Å²) < 4.78 is 2.44. The second-order valence-electron chi connectivity index (χ2n) is 7.68. The zero-order chi connectivity index (χ0) is 29.2. The number of hydrogen-bond acceptors (Lipinski definition) is 12. The molecule has 0 spiro atoms. The van der Waals surface area contributed by atoms with Gasteiger partial charge in [-0.25, -0.2) is 4.98 Å². The van der Waals surface area contributed by atoms with Gasteiger partial charge >= 0.3 is 145 Å². The van der Waals surface area contributed by atoms with E-state index in [1.54, 1.807) is 12.4 Å². The van der Waals surface area contributed by atoms with Gasteiger partial charge in [0.2, 0.25) is 11.9 Å². The molecule has 0 atom stereocenters. The van der Waals surface area contributed by atoms with Gasteiger partial charge in [0.1, 0.15) is 0 Å². The van der Waals surface area contributed by atoms with Crippen LogP contribution in [0.15, 0.2) is 18.6 Å². The van der Waals surface area contributed by atoms with Crippen molar-refractivity contribution >= 4 is 90.1 Å². The summed E-state index contributed by atoms with van der Waals surface area (Å²) >= 11 is 4.04. The van der Waals surface area contributed by atoms with Gasteiger partial charge in [-0.2, -0.15) is 15.2 Å². The summed E-state index contributed by atoms with van der Waals surface area (Å²) in [4.78, 5) is 25.6. The number of anilines is 3. The van der Waals surface area contributed by atoms with Crippen molar-refractivity contribution in [3.63, 3.8) is 0 Å². The quantitative estimate of drug-likeness (QED) is 0.316. The van der Waals surface area contributed by atoms with E-state index in [-0.39, 0.29) is 51.6 Å². The Bertz CT molecular complexity index is 834. The minimum atomic E-state index is -0.543. The fraction of sp³-hybridized carbons (Fsp3) is 0.591. The van der Waals surface area contributed by atoms with Crippen molar-refractivity contribution in [3.05, 3.63) is 35.1 Å². The zero-order valence-electron chi connectivity index (χ0n) is 23.8. The summed E-state index contributed by atoms with van der Waals surface area (Å²) in [5, 5.41) is 21.4. The number of aromatic nitrogens is 9. The van der Waals surface area contributed by atoms with Crippen LogP contribution in [0.25, 0.3) is 0 Å². The van der Waals surface area contributed by atoms with Crippen LogP contribution in [-0.2, 0) is 4.44 Å². The number of aryl methyl sites for hydroxylation is 1. The normalized spacial score (nSPS) is 8.76. The summed E-state index contributed by atoms with van der Waals surface area (Å²) in [6.07, 6.45) is 4.57. The van der Waals surface area contributed by atoms with Crippen molar-refractivity contribution < 1.29 is 0 Å². The Morgan fingerprint density at radius 3 is 1.42 bits per heavy atom. The van der Waals surface area contributed by atoms with Gasteiger partial charge in [-0.1, -0.05) is 32.9 Å². The van der Waals surface area contributed by atoms with Crippen molar-refractivity contribution in [3.8, 4) is 0 Å². The third-order valence-corrected chi connectivity index (χ3v) is 5.78. The van der Waals surface area contributed by atoms with Crippen LogP contribution in [0.1, 0.15) is 39.6 Å². The number of nitrogens with two attached hydrogens (primary N) is 3. The molecule has 214 valence electrons. The molecule has 0 bridgehead atoms. The van der Waals surface area contributed by atoms with E-state index in [1.807, 2.05) is 20.8 Å². The van der Waals surface area contributed by atoms with Crippen molar-refractivity contribution in [1.82, 2.24) is 45.5 Å². The molecule has 0 saturated carbocycles. The second kappa shape index (κ2) is 30.7. The van der Waals surface area contributed by atoms with E-state index in [9.17, 15) is 0 Å². The van der Waals surface area contributed by atoms with E-state index in [0.29, 0.717) is 0 Å². The Morgan fingerprint density at radius 2 is 1.13 bits per heavy atom. The van der Waals surface area contributed by atoms with Crippen LogP contribution >= 0.6 is 11.6 Å². The van der Waals surface area contributed by atoms with Gasteiger partial charge in [0.25, 0.3) is 0 Å². The molecular formula is C22H47ClN12Sn3. The van der Waals surface area contributed by atoms with Gasteiger partial charge in [-0.05, 0) is 6.92 Å². The number of halogens is 1. The first-order valence-electron chi connectivity index (χ1n) is 11.6. The van der Waals surface area contributed by atoms with Gasteiger partial charge in [-0.3, -0.25) is 0 Å². The number of nitrogen functional groups attached to an aromatic ring is 3. The molecule has 0 aliphatic heterocycles. The van der Waals surface area contributed by atoms with E-state index < -0.39 is 39.5 Å². The molecule has 3 aromatic heterocycles. The van der Waals surface area contributed by atoms with Gasteiger partial charge in [0.05, 0.1) is 18.1 Å². The molecule has 38 heavy (non-hydrogen) atoms. The SMILES string of the molecule is C.CC.C[CH2][Sn][CH2]c1cnnc(N)n1.Cc1cnnc(N)n1.Nc1nncc(Cl)n1.[CH3][Sn]([CH3])[CH3].[CH3][Sn]([CH3])[CH3]. The van der Waals surface area contributed by atoms with Crippen LogP contribution in [0, 0.1) is 6.92 Å². The van der Waals surface area contributed by atoms with Crippen molar-refractivity contribution in [1.29, 1.82) is 0 Å². The van der Waals surface area contributed by atoms with E-state index in [2.05, 4.69) is 82.1 Å². The van der Waals surface area contributed by atoms with Gasteiger partial charge < -0.3 is 11.5 Å². The molecule has 3 aromatic rings. The Balaban J connectivity index is -0.000000195. The van der Waals surface area contributed by atoms with Crippen LogP contribution in [0.2, 0.25) is 39.2 Å². The molecule has 0 unspecified atom stereocenters. The first kappa shape index (κ1) is 44.1. The molecule has 4 radical (unpaired) electrons. The molecule has 12 nitrogen and oxygen atoms in total. The van der Waals surface area contributed by atoms with Crippen molar-refractivity contribution in [2.45, 2.75) is 73.6 Å². The molecule has 0 saturated heterocycles. The molecule has 0 aromatic carbocycles. The number of hydrogen-bond donors (Lipinski definition) is 3. The van der Waals surface area contributed by atoms with E-state index in [1.165, 1.54) is 10.6 Å². The Labute approximate surface area is 259 Å². The van der Waals surface area contributed by atoms with Crippen molar-refractivity contribution in [2.24, 2.45) is 0 Å². The van der Waals surface area contributed by atoms with E-state index in [0.717, 1.165) is 15.8 Å². The molecule has 6 N–H and O–H groups in total. The Hall–Kier alpha value is -0.884. The summed E-state index contributed by atoms with van der Waals surface area (Å²) in [7, 11) is 0. The third-order valence-electron chi connectivity index (χ3n) is 2.42. The maximum absolute atomic E-state index is 5.36. The number of nitrogens with zero attached hydrogens (tertiary/aromatic N) is 9. The summed E-state index contributed by atoms with van der Waals surface area (Å²) in [5.41, 5.74) is 17.4. The first-order chi connectivity index (χ1) is 17.4. The molecule has 3 rings (SSSR count). The standard InChI is InChI=1S/C4H6N4.C4H5N4.C3H3ClN4.C2H6.C2H5.CH4.6CH3.3Sn/c2*1-3-2-6-8-4(5)7-3;4-2-1-6-8-3(5)7-2;2*1-2;;;;;;;;;;/h2H,1H3,(H2,5,7,8);2H,1H2,(H2,5,7,8);1H,(H2,5,7,8);1-2H3;1H2,2H3;1H4;6*1H3;;;. The van der Waals surface area contributed by atoms with Gasteiger partial charge in [-0.15, -0.1) is 10.2 Å². The van der Waals surface area contributed by atoms with Crippen LogP contribution in [0.4, 0.5) is 17.8 Å². The average Bonchev–Trinajstić information content (AvgIpc) is 2.79. The van der Waals surface area contributed by atoms with Crippen molar-refractivity contribution in [2.75, 3.05) is 17.2 Å². The molecule has 3 heterocycles. The summed E-state index contributed by atoms with van der Waals surface area (Å²) in [6.45, 7) is 8.02. The summed E-state index contributed by atoms with van der Waals surface area (Å²) in [6, 6.07) is 0. The summed E-state index contributed by atoms with van der Waals surface area (Å²) in [5.74, 6) is 0.612. The molecule has 0 aliphatic rings. The van der Waals surface area contributed by atoms with Crippen LogP contribution < -0.4 is 17.2 Å². The molecule has 16 heteroatoms. The van der Waals surface area contributed by atoms with E-state index in [4.69, 9.17) is 28.8 Å². The first-order valence-corrected chi connectivity index (χ1v) is 33.1. The molecule has 0 amide bonds. The Morgan fingerprint density at radius 1 is 0.737 bits per heavy atom. The number of rotatable bonds is 3. The monoisotopic (exact) mass is 874 g/mol. The van der Waals surface area contributed by atoms with Crippen LogP contribution in [-0.4, -0.2) is 106 Å². The minimum absolute atomic E-state index is 0. The van der Waals surface area contributed by atoms with Crippen LogP contribution in [0.3, 0.4) is 0 Å².